The standard InChI is InChI=1S/C30H44N4O8/c1-2-3-10-28(25-7-5-9-27(32-25)30(37)38)34-13-17-41-21-19-39-15-11-33(12-16-40-20-22-42-18-14-34)23-24-6-4-8-26(31-24)29(35)36/h4-9,28H,2-3,10-23H2,1H3,(H,35,36)(H,37,38). The number of carboxylic acid groups (broad SMARTS) is 2. The third-order valence-corrected chi connectivity index (χ3v) is 6.91. The first-order valence-corrected chi connectivity index (χ1v) is 14.6. The first-order valence-electron chi connectivity index (χ1n) is 14.6. The van der Waals surface area contributed by atoms with Gasteiger partial charge in [-0.15, -0.1) is 0 Å². The molecule has 1 aliphatic rings. The van der Waals surface area contributed by atoms with Gasteiger partial charge in [-0.1, -0.05) is 31.9 Å². The second-order valence-electron chi connectivity index (χ2n) is 9.99. The highest BCUT2D eigenvalue weighted by Crippen LogP contribution is 2.25. The Bertz CT molecular complexity index is 1070. The summed E-state index contributed by atoms with van der Waals surface area (Å²) in [6.07, 6.45) is 2.86. The Balaban J connectivity index is 1.58. The van der Waals surface area contributed by atoms with Gasteiger partial charge in [0.15, 0.2) is 0 Å². The fourth-order valence-electron chi connectivity index (χ4n) is 4.68. The first kappa shape index (κ1) is 33.5. The summed E-state index contributed by atoms with van der Waals surface area (Å²) in [6, 6.07) is 10.1. The van der Waals surface area contributed by atoms with Gasteiger partial charge in [0.2, 0.25) is 0 Å². The summed E-state index contributed by atoms with van der Waals surface area (Å²) < 4.78 is 23.4. The second-order valence-corrected chi connectivity index (χ2v) is 9.99. The average Bonchev–Trinajstić information content (AvgIpc) is 2.99. The van der Waals surface area contributed by atoms with E-state index in [-0.39, 0.29) is 17.4 Å². The summed E-state index contributed by atoms with van der Waals surface area (Å²) in [5.41, 5.74) is 1.48. The van der Waals surface area contributed by atoms with Crippen LogP contribution in [0.25, 0.3) is 0 Å². The number of carbonyl (C=O) groups is 2. The molecule has 0 aliphatic carbocycles. The number of ether oxygens (including phenoxy) is 4. The lowest BCUT2D eigenvalue weighted by molar-refractivity contribution is 0.000288. The quantitative estimate of drug-likeness (QED) is 0.444. The molecule has 0 amide bonds. The predicted molar refractivity (Wildman–Crippen MR) is 155 cm³/mol. The molecule has 0 spiro atoms. The number of aromatic carboxylic acids is 2. The van der Waals surface area contributed by atoms with E-state index in [1.54, 1.807) is 12.1 Å². The Morgan fingerprint density at radius 1 is 0.762 bits per heavy atom. The van der Waals surface area contributed by atoms with Gasteiger partial charge in [-0.05, 0) is 30.7 Å². The molecule has 2 N–H and O–H groups in total. The summed E-state index contributed by atoms with van der Waals surface area (Å²) in [7, 11) is 0. The van der Waals surface area contributed by atoms with Crippen molar-refractivity contribution >= 4 is 11.9 Å². The minimum absolute atomic E-state index is 0.0241. The van der Waals surface area contributed by atoms with E-state index in [4.69, 9.17) is 18.9 Å². The minimum Gasteiger partial charge on any atom is -0.477 e. The number of hydrogen-bond acceptors (Lipinski definition) is 10. The van der Waals surface area contributed by atoms with Gasteiger partial charge < -0.3 is 29.2 Å². The fraction of sp³-hybridized carbons (Fsp3) is 0.600. The monoisotopic (exact) mass is 588 g/mol. The maximum atomic E-state index is 11.5. The zero-order valence-corrected chi connectivity index (χ0v) is 24.5. The molecule has 1 saturated heterocycles. The molecule has 2 aromatic rings. The molecule has 1 atom stereocenters. The van der Waals surface area contributed by atoms with E-state index in [1.807, 2.05) is 12.1 Å². The number of hydrogen-bond donors (Lipinski definition) is 2. The van der Waals surface area contributed by atoms with Crippen LogP contribution in [0.2, 0.25) is 0 Å². The summed E-state index contributed by atoms with van der Waals surface area (Å²) >= 11 is 0. The Kier molecular flexibility index (Phi) is 15.3. The number of rotatable bonds is 9. The van der Waals surface area contributed by atoms with E-state index >= 15 is 0 Å². The maximum Gasteiger partial charge on any atom is 0.354 e. The van der Waals surface area contributed by atoms with E-state index < -0.39 is 11.9 Å². The van der Waals surface area contributed by atoms with Gasteiger partial charge in [0.25, 0.3) is 0 Å². The molecule has 3 rings (SSSR count). The van der Waals surface area contributed by atoms with E-state index in [1.165, 1.54) is 12.1 Å². The molecular weight excluding hydrogens is 544 g/mol. The number of nitrogens with zero attached hydrogens (tertiary/aromatic N) is 4. The Morgan fingerprint density at radius 3 is 1.83 bits per heavy atom. The fourth-order valence-corrected chi connectivity index (χ4v) is 4.68. The Hall–Kier alpha value is -3.00. The smallest absolute Gasteiger partial charge is 0.354 e. The third kappa shape index (κ3) is 12.1. The summed E-state index contributed by atoms with van der Waals surface area (Å²) in [5.74, 6) is -2.09. The van der Waals surface area contributed by atoms with Crippen LogP contribution in [0, 0.1) is 0 Å². The first-order chi connectivity index (χ1) is 20.5. The zero-order chi connectivity index (χ0) is 30.0. The lowest BCUT2D eigenvalue weighted by atomic mass is 10.0. The molecule has 0 bridgehead atoms. The lowest BCUT2D eigenvalue weighted by Gasteiger charge is -2.31. The molecule has 1 fully saturated rings. The Morgan fingerprint density at radius 2 is 1.29 bits per heavy atom. The molecule has 0 saturated carbocycles. The molecule has 1 unspecified atom stereocenters. The number of pyridine rings is 2. The van der Waals surface area contributed by atoms with Gasteiger partial charge >= 0.3 is 11.9 Å². The van der Waals surface area contributed by atoms with Crippen LogP contribution in [0.4, 0.5) is 0 Å². The lowest BCUT2D eigenvalue weighted by Crippen LogP contribution is -2.36. The van der Waals surface area contributed by atoms with Crippen molar-refractivity contribution in [3.63, 3.8) is 0 Å². The van der Waals surface area contributed by atoms with Crippen LogP contribution in [-0.4, -0.2) is 121 Å². The van der Waals surface area contributed by atoms with Gasteiger partial charge in [-0.25, -0.2) is 19.6 Å². The van der Waals surface area contributed by atoms with Gasteiger partial charge in [-0.2, -0.15) is 0 Å². The van der Waals surface area contributed by atoms with Crippen molar-refractivity contribution in [1.82, 2.24) is 19.8 Å². The topological polar surface area (TPSA) is 144 Å². The molecule has 1 aliphatic heterocycles. The highest BCUT2D eigenvalue weighted by Gasteiger charge is 2.22. The van der Waals surface area contributed by atoms with Crippen molar-refractivity contribution in [3.8, 4) is 0 Å². The van der Waals surface area contributed by atoms with Gasteiger partial charge in [0, 0.05) is 32.7 Å². The minimum atomic E-state index is -1.05. The number of aromatic nitrogens is 2. The zero-order valence-electron chi connectivity index (χ0n) is 24.5. The Labute approximate surface area is 247 Å². The maximum absolute atomic E-state index is 11.5. The largest absolute Gasteiger partial charge is 0.477 e. The molecule has 12 nitrogen and oxygen atoms in total. The van der Waals surface area contributed by atoms with Crippen LogP contribution in [0.5, 0.6) is 0 Å². The van der Waals surface area contributed by atoms with Crippen molar-refractivity contribution < 1.29 is 38.7 Å². The van der Waals surface area contributed by atoms with E-state index in [2.05, 4.69) is 26.7 Å². The molecule has 12 heteroatoms. The normalized spacial score (nSPS) is 18.5. The van der Waals surface area contributed by atoms with Crippen molar-refractivity contribution in [3.05, 3.63) is 59.2 Å². The average molecular weight is 589 g/mol. The molecule has 0 radical (unpaired) electrons. The van der Waals surface area contributed by atoms with Crippen LogP contribution in [0.15, 0.2) is 36.4 Å². The number of unbranched alkanes of at least 4 members (excludes halogenated alkanes) is 1. The highest BCUT2D eigenvalue weighted by molar-refractivity contribution is 5.85. The van der Waals surface area contributed by atoms with Crippen LogP contribution < -0.4 is 0 Å². The summed E-state index contributed by atoms with van der Waals surface area (Å²) in [4.78, 5) is 35.9. The summed E-state index contributed by atoms with van der Waals surface area (Å²) in [6.45, 7) is 8.92. The third-order valence-electron chi connectivity index (χ3n) is 6.91. The molecule has 0 aromatic carbocycles. The molecule has 2 aromatic heterocycles. The van der Waals surface area contributed by atoms with E-state index in [9.17, 15) is 19.8 Å². The van der Waals surface area contributed by atoms with E-state index in [0.717, 1.165) is 25.0 Å². The van der Waals surface area contributed by atoms with Crippen LogP contribution in [0.3, 0.4) is 0 Å². The van der Waals surface area contributed by atoms with Gasteiger partial charge in [0.05, 0.1) is 70.3 Å². The van der Waals surface area contributed by atoms with Crippen LogP contribution in [0.1, 0.15) is 64.6 Å². The van der Waals surface area contributed by atoms with Crippen molar-refractivity contribution in [2.45, 2.75) is 38.8 Å². The van der Waals surface area contributed by atoms with Gasteiger partial charge in [-0.3, -0.25) is 9.80 Å². The van der Waals surface area contributed by atoms with Gasteiger partial charge in [0.1, 0.15) is 11.4 Å². The van der Waals surface area contributed by atoms with Crippen LogP contribution in [-0.2, 0) is 25.5 Å². The molecule has 232 valence electrons. The SMILES string of the molecule is CCCCC(c1cccc(C(=O)O)n1)N1CCOCCOCCN(Cc2cccc(C(=O)O)n2)CCOCCOCC1. The van der Waals surface area contributed by atoms with E-state index in [0.29, 0.717) is 91.3 Å². The molecular formula is C30H44N4O8. The second kappa shape index (κ2) is 19.2. The summed E-state index contributed by atoms with van der Waals surface area (Å²) in [5, 5.41) is 18.7. The van der Waals surface area contributed by atoms with Crippen LogP contribution >= 0.6 is 0 Å². The molecule has 42 heavy (non-hydrogen) atoms. The molecule has 3 heterocycles. The van der Waals surface area contributed by atoms with Crippen molar-refractivity contribution in [2.75, 3.05) is 79.0 Å². The van der Waals surface area contributed by atoms with Crippen molar-refractivity contribution in [1.29, 1.82) is 0 Å². The number of carboxylic acids is 2. The van der Waals surface area contributed by atoms with Crippen molar-refractivity contribution in [2.24, 2.45) is 0 Å². The highest BCUT2D eigenvalue weighted by atomic mass is 16.5. The predicted octanol–water partition coefficient (Wildman–Crippen LogP) is 2.99.